The van der Waals surface area contributed by atoms with Crippen LogP contribution >= 0.6 is 0 Å². The van der Waals surface area contributed by atoms with Gasteiger partial charge in [0.15, 0.2) is 6.29 Å². The smallest absolute Gasteiger partial charge is 0.187 e. The highest BCUT2D eigenvalue weighted by Gasteiger charge is 2.44. The summed E-state index contributed by atoms with van der Waals surface area (Å²) >= 11 is 0. The van der Waals surface area contributed by atoms with Crippen molar-refractivity contribution >= 4 is 0 Å². The number of hydrogen-bond acceptors (Lipinski definition) is 7. The molecule has 5 N–H and O–H groups in total. The third-order valence-electron chi connectivity index (χ3n) is 3.31. The molecule has 0 amide bonds. The summed E-state index contributed by atoms with van der Waals surface area (Å²) in [5, 5.41) is 47.7. The van der Waals surface area contributed by atoms with Crippen molar-refractivity contribution in [3.8, 4) is 35.5 Å². The standard InChI is InChI=1S/C19H22O7/c1-2-3-4-5-6-7-8-9-10-11-14(12-20)25-19-18(24)17(23)16(22)15(13-21)26-19/h2-3,10-11,14-24H,12-13H2,1H3/b3-2+,11-10+/t14?,15-,16-,17+,18-,19-/m1/s1. The van der Waals surface area contributed by atoms with Gasteiger partial charge in [0, 0.05) is 0 Å². The van der Waals surface area contributed by atoms with Crippen molar-refractivity contribution in [3.05, 3.63) is 24.3 Å². The van der Waals surface area contributed by atoms with Crippen molar-refractivity contribution in [2.45, 2.75) is 43.7 Å². The molecule has 0 aromatic heterocycles. The van der Waals surface area contributed by atoms with Crippen molar-refractivity contribution in [2.75, 3.05) is 13.2 Å². The number of hydrogen-bond donors (Lipinski definition) is 5. The highest BCUT2D eigenvalue weighted by atomic mass is 16.7. The minimum Gasteiger partial charge on any atom is -0.394 e. The molecule has 0 aromatic carbocycles. The zero-order chi connectivity index (χ0) is 19.4. The van der Waals surface area contributed by atoms with E-state index in [9.17, 15) is 20.4 Å². The molecule has 7 heteroatoms. The molecule has 1 unspecified atom stereocenters. The largest absolute Gasteiger partial charge is 0.394 e. The van der Waals surface area contributed by atoms with E-state index in [1.807, 2.05) is 6.92 Å². The van der Waals surface area contributed by atoms with Crippen LogP contribution < -0.4 is 0 Å². The highest BCUT2D eigenvalue weighted by molar-refractivity contribution is 5.39. The average molecular weight is 362 g/mol. The first kappa shape index (κ1) is 21.9. The summed E-state index contributed by atoms with van der Waals surface area (Å²) in [6.07, 6.45) is -1.59. The number of aliphatic hydroxyl groups excluding tert-OH is 5. The monoisotopic (exact) mass is 362 g/mol. The van der Waals surface area contributed by atoms with E-state index in [1.165, 1.54) is 12.2 Å². The van der Waals surface area contributed by atoms with Gasteiger partial charge < -0.3 is 35.0 Å². The first-order valence-corrected chi connectivity index (χ1v) is 7.90. The Hall–Kier alpha value is -2.12. The van der Waals surface area contributed by atoms with Crippen LogP contribution in [0, 0.1) is 35.5 Å². The molecule has 1 heterocycles. The van der Waals surface area contributed by atoms with E-state index in [2.05, 4.69) is 35.5 Å². The van der Waals surface area contributed by atoms with E-state index in [4.69, 9.17) is 14.6 Å². The quantitative estimate of drug-likeness (QED) is 0.370. The fourth-order valence-electron chi connectivity index (χ4n) is 1.96. The molecule has 0 bridgehead atoms. The lowest BCUT2D eigenvalue weighted by Gasteiger charge is -2.40. The Morgan fingerprint density at radius 3 is 2.19 bits per heavy atom. The first-order chi connectivity index (χ1) is 12.5. The maximum atomic E-state index is 9.88. The van der Waals surface area contributed by atoms with Gasteiger partial charge in [-0.3, -0.25) is 0 Å². The molecule has 26 heavy (non-hydrogen) atoms. The van der Waals surface area contributed by atoms with E-state index in [0.717, 1.165) is 0 Å². The summed E-state index contributed by atoms with van der Waals surface area (Å²) < 4.78 is 10.5. The third-order valence-corrected chi connectivity index (χ3v) is 3.31. The van der Waals surface area contributed by atoms with Gasteiger partial charge in [-0.25, -0.2) is 0 Å². The molecule has 0 aromatic rings. The van der Waals surface area contributed by atoms with E-state index < -0.39 is 50.0 Å². The SMILES string of the molecule is C/C=C/C#CC#CC#C/C=C/C(CO)O[C@@H]1O[C@H](CO)[C@@H](O)[C@H](O)[C@H]1O. The van der Waals surface area contributed by atoms with E-state index in [-0.39, 0.29) is 0 Å². The van der Waals surface area contributed by atoms with Crippen LogP contribution in [0.2, 0.25) is 0 Å². The molecule has 140 valence electrons. The van der Waals surface area contributed by atoms with E-state index in [1.54, 1.807) is 12.2 Å². The summed E-state index contributed by atoms with van der Waals surface area (Å²) in [6.45, 7) is 0.843. The van der Waals surface area contributed by atoms with Crippen molar-refractivity contribution in [3.63, 3.8) is 0 Å². The van der Waals surface area contributed by atoms with Gasteiger partial charge in [0.05, 0.1) is 13.2 Å². The molecule has 1 saturated heterocycles. The highest BCUT2D eigenvalue weighted by Crippen LogP contribution is 2.23. The third kappa shape index (κ3) is 7.01. The predicted molar refractivity (Wildman–Crippen MR) is 93.0 cm³/mol. The Kier molecular flexibility index (Phi) is 10.3. The minimum absolute atomic E-state index is 0.437. The van der Waals surface area contributed by atoms with Gasteiger partial charge in [0.1, 0.15) is 30.5 Å². The Morgan fingerprint density at radius 1 is 0.962 bits per heavy atom. The van der Waals surface area contributed by atoms with Crippen LogP contribution in [0.4, 0.5) is 0 Å². The molecule has 0 radical (unpaired) electrons. The van der Waals surface area contributed by atoms with E-state index >= 15 is 0 Å². The topological polar surface area (TPSA) is 120 Å². The van der Waals surface area contributed by atoms with Crippen LogP contribution in [0.3, 0.4) is 0 Å². The Bertz CT molecular complexity index is 663. The summed E-state index contributed by atoms with van der Waals surface area (Å²) in [5.41, 5.74) is 0. The van der Waals surface area contributed by atoms with Gasteiger partial charge in [-0.1, -0.05) is 17.9 Å². The van der Waals surface area contributed by atoms with Gasteiger partial charge in [-0.05, 0) is 48.8 Å². The Balaban J connectivity index is 2.63. The Morgan fingerprint density at radius 2 is 1.62 bits per heavy atom. The number of allylic oxidation sites excluding steroid dienone is 3. The van der Waals surface area contributed by atoms with E-state index in [0.29, 0.717) is 0 Å². The number of ether oxygens (including phenoxy) is 2. The lowest BCUT2D eigenvalue weighted by molar-refractivity contribution is -0.309. The number of rotatable bonds is 5. The maximum absolute atomic E-state index is 9.88. The van der Waals surface area contributed by atoms with Crippen LogP contribution in [-0.2, 0) is 9.47 Å². The molecule has 0 aliphatic carbocycles. The molecule has 1 aliphatic rings. The molecule has 7 nitrogen and oxygen atoms in total. The zero-order valence-electron chi connectivity index (χ0n) is 14.2. The number of aliphatic hydroxyl groups is 5. The van der Waals surface area contributed by atoms with Crippen molar-refractivity contribution in [2.24, 2.45) is 0 Å². The van der Waals surface area contributed by atoms with Crippen LogP contribution in [0.1, 0.15) is 6.92 Å². The summed E-state index contributed by atoms with van der Waals surface area (Å²) in [4.78, 5) is 0. The molecule has 1 fully saturated rings. The Labute approximate surface area is 152 Å². The molecule has 1 rings (SSSR count). The zero-order valence-corrected chi connectivity index (χ0v) is 14.2. The second-order valence-electron chi connectivity index (χ2n) is 5.20. The molecule has 0 spiro atoms. The second-order valence-corrected chi connectivity index (χ2v) is 5.20. The summed E-state index contributed by atoms with van der Waals surface area (Å²) in [7, 11) is 0. The molecule has 6 atom stereocenters. The molecular formula is C19H22O7. The first-order valence-electron chi connectivity index (χ1n) is 7.90. The van der Waals surface area contributed by atoms with Gasteiger partial charge in [0.25, 0.3) is 0 Å². The van der Waals surface area contributed by atoms with Gasteiger partial charge in [-0.2, -0.15) is 0 Å². The fraction of sp³-hybridized carbons (Fsp3) is 0.474. The van der Waals surface area contributed by atoms with Gasteiger partial charge in [-0.15, -0.1) is 0 Å². The van der Waals surface area contributed by atoms with Gasteiger partial charge >= 0.3 is 0 Å². The van der Waals surface area contributed by atoms with Gasteiger partial charge in [0.2, 0.25) is 0 Å². The summed E-state index contributed by atoms with van der Waals surface area (Å²) in [5.74, 6) is 15.5. The van der Waals surface area contributed by atoms with Crippen molar-refractivity contribution in [1.82, 2.24) is 0 Å². The van der Waals surface area contributed by atoms with Crippen LogP contribution in [0.15, 0.2) is 24.3 Å². The second kappa shape index (κ2) is 12.3. The fourth-order valence-corrected chi connectivity index (χ4v) is 1.96. The predicted octanol–water partition coefficient (Wildman–Crippen LogP) is -1.69. The normalized spacial score (nSPS) is 29.2. The van der Waals surface area contributed by atoms with Crippen LogP contribution in [0.25, 0.3) is 0 Å². The van der Waals surface area contributed by atoms with Crippen molar-refractivity contribution < 1.29 is 35.0 Å². The maximum Gasteiger partial charge on any atom is 0.187 e. The summed E-state index contributed by atoms with van der Waals surface area (Å²) in [6, 6.07) is 0. The van der Waals surface area contributed by atoms with Crippen LogP contribution in [0.5, 0.6) is 0 Å². The van der Waals surface area contributed by atoms with Crippen molar-refractivity contribution in [1.29, 1.82) is 0 Å². The lowest BCUT2D eigenvalue weighted by Crippen LogP contribution is -2.59. The molecule has 0 saturated carbocycles. The molecular weight excluding hydrogens is 340 g/mol. The minimum atomic E-state index is -1.55. The van der Waals surface area contributed by atoms with Crippen LogP contribution in [-0.4, -0.2) is 75.6 Å². The molecule has 1 aliphatic heterocycles. The average Bonchev–Trinajstić information content (AvgIpc) is 2.65. The lowest BCUT2D eigenvalue weighted by atomic mass is 9.99.